The summed E-state index contributed by atoms with van der Waals surface area (Å²) < 4.78 is 5.35. The van der Waals surface area contributed by atoms with Gasteiger partial charge in [0.15, 0.2) is 0 Å². The molecule has 0 saturated carbocycles. The van der Waals surface area contributed by atoms with Crippen molar-refractivity contribution in [2.75, 3.05) is 6.54 Å². The predicted molar refractivity (Wildman–Crippen MR) is 93.0 cm³/mol. The molecule has 1 N–H and O–H groups in total. The van der Waals surface area contributed by atoms with E-state index in [0.29, 0.717) is 19.4 Å². The minimum atomic E-state index is -0.873. The molecule has 7 nitrogen and oxygen atoms in total. The number of hydrogen-bond acceptors (Lipinski definition) is 4. The molecule has 2 aliphatic heterocycles. The molecule has 1 aromatic rings. The fourth-order valence-corrected chi connectivity index (χ4v) is 3.38. The molecule has 2 aliphatic rings. The molecule has 0 aliphatic carbocycles. The molecule has 1 aromatic carbocycles. The topological polar surface area (TPSA) is 87.2 Å². The Morgan fingerprint density at radius 2 is 2.00 bits per heavy atom. The first-order valence-electron chi connectivity index (χ1n) is 8.68. The summed E-state index contributed by atoms with van der Waals surface area (Å²) in [5.74, 6) is -1.06. The molecule has 1 fully saturated rings. The van der Waals surface area contributed by atoms with Crippen LogP contribution in [0, 0.1) is 0 Å². The van der Waals surface area contributed by atoms with E-state index in [0.717, 1.165) is 11.3 Å². The van der Waals surface area contributed by atoms with Gasteiger partial charge in [0.05, 0.1) is 6.54 Å². The first kappa shape index (κ1) is 18.0. The van der Waals surface area contributed by atoms with Crippen LogP contribution < -0.4 is 0 Å². The second-order valence-electron chi connectivity index (χ2n) is 6.57. The number of nitrogens with zero attached hydrogens (tertiary/aromatic N) is 2. The molecule has 2 atom stereocenters. The summed E-state index contributed by atoms with van der Waals surface area (Å²) >= 11 is 0. The van der Waals surface area contributed by atoms with E-state index in [4.69, 9.17) is 9.84 Å². The van der Waals surface area contributed by atoms with Crippen molar-refractivity contribution in [2.24, 2.45) is 0 Å². The maximum absolute atomic E-state index is 12.7. The zero-order valence-electron chi connectivity index (χ0n) is 14.6. The molecule has 138 valence electrons. The van der Waals surface area contributed by atoms with Crippen molar-refractivity contribution in [3.05, 3.63) is 47.7 Å². The van der Waals surface area contributed by atoms with Crippen LogP contribution in [0.3, 0.4) is 0 Å². The summed E-state index contributed by atoms with van der Waals surface area (Å²) in [6.45, 7) is 2.13. The third-order valence-electron chi connectivity index (χ3n) is 4.83. The molecule has 26 heavy (non-hydrogen) atoms. The van der Waals surface area contributed by atoms with Crippen LogP contribution in [0.2, 0.25) is 0 Å². The van der Waals surface area contributed by atoms with Gasteiger partial charge < -0.3 is 14.7 Å². The van der Waals surface area contributed by atoms with Crippen molar-refractivity contribution >= 4 is 18.0 Å². The van der Waals surface area contributed by atoms with Crippen LogP contribution in [0.4, 0.5) is 4.79 Å². The number of benzene rings is 1. The number of piperazine rings is 1. The number of carboxylic acid groups (broad SMARTS) is 1. The molecule has 7 heteroatoms. The Morgan fingerprint density at radius 3 is 2.69 bits per heavy atom. The van der Waals surface area contributed by atoms with Gasteiger partial charge in [0.2, 0.25) is 5.91 Å². The minimum absolute atomic E-state index is 0.0206. The molecule has 1 saturated heterocycles. The summed E-state index contributed by atoms with van der Waals surface area (Å²) in [7, 11) is 0. The van der Waals surface area contributed by atoms with Gasteiger partial charge in [-0.1, -0.05) is 36.4 Å². The third kappa shape index (κ3) is 3.71. The predicted octanol–water partition coefficient (Wildman–Crippen LogP) is 2.38. The largest absolute Gasteiger partial charge is 0.481 e. The van der Waals surface area contributed by atoms with E-state index in [1.807, 2.05) is 36.4 Å². The van der Waals surface area contributed by atoms with Crippen LogP contribution >= 0.6 is 0 Å². The maximum atomic E-state index is 12.7. The van der Waals surface area contributed by atoms with Crippen molar-refractivity contribution in [3.63, 3.8) is 0 Å². The summed E-state index contributed by atoms with van der Waals surface area (Å²) in [6.07, 6.45) is 2.44. The normalized spacial score (nSPS) is 22.0. The van der Waals surface area contributed by atoms with E-state index in [1.165, 1.54) is 4.90 Å². The third-order valence-corrected chi connectivity index (χ3v) is 4.83. The van der Waals surface area contributed by atoms with E-state index >= 15 is 0 Å². The van der Waals surface area contributed by atoms with Gasteiger partial charge in [0, 0.05) is 18.2 Å². The monoisotopic (exact) mass is 358 g/mol. The first-order valence-corrected chi connectivity index (χ1v) is 8.68. The van der Waals surface area contributed by atoms with E-state index in [1.54, 1.807) is 11.8 Å². The van der Waals surface area contributed by atoms with Crippen LogP contribution in [0.15, 0.2) is 42.1 Å². The molecule has 0 aromatic heterocycles. The second kappa shape index (κ2) is 7.59. The summed E-state index contributed by atoms with van der Waals surface area (Å²) in [6, 6.07) is 8.58. The molecular weight excluding hydrogens is 336 g/mol. The van der Waals surface area contributed by atoms with Gasteiger partial charge in [0.25, 0.3) is 0 Å². The number of carbonyl (C=O) groups excluding carboxylic acids is 2. The lowest BCUT2D eigenvalue weighted by molar-refractivity contribution is -0.141. The van der Waals surface area contributed by atoms with Crippen molar-refractivity contribution in [1.82, 2.24) is 9.80 Å². The molecule has 2 heterocycles. The number of aliphatic carboxylic acids is 1. The molecule has 0 unspecified atom stereocenters. The van der Waals surface area contributed by atoms with Crippen LogP contribution in [-0.2, 0) is 20.9 Å². The number of rotatable bonds is 5. The van der Waals surface area contributed by atoms with Crippen LogP contribution in [0.5, 0.6) is 0 Å². The van der Waals surface area contributed by atoms with E-state index in [9.17, 15) is 14.4 Å². The quantitative estimate of drug-likeness (QED) is 0.873. The number of hydrogen-bond donors (Lipinski definition) is 1. The summed E-state index contributed by atoms with van der Waals surface area (Å²) in [5, 5.41) is 8.87. The average Bonchev–Trinajstić information content (AvgIpc) is 3.05. The van der Waals surface area contributed by atoms with Crippen molar-refractivity contribution in [1.29, 1.82) is 0 Å². The molecule has 3 rings (SSSR count). The van der Waals surface area contributed by atoms with Crippen molar-refractivity contribution < 1.29 is 24.2 Å². The average molecular weight is 358 g/mol. The van der Waals surface area contributed by atoms with E-state index < -0.39 is 18.1 Å². The highest BCUT2D eigenvalue weighted by molar-refractivity contribution is 5.89. The highest BCUT2D eigenvalue weighted by Gasteiger charge is 2.43. The summed E-state index contributed by atoms with van der Waals surface area (Å²) in [4.78, 5) is 39.1. The number of ether oxygens (including phenoxy) is 1. The maximum Gasteiger partial charge on any atom is 0.411 e. The van der Waals surface area contributed by atoms with Gasteiger partial charge in [0.1, 0.15) is 12.6 Å². The Kier molecular flexibility index (Phi) is 5.25. The SMILES string of the molecule is C[C@H]1C(=O)N2C(=CC[C@H]2CCC(=O)O)CN1C(=O)OCc1ccccc1. The number of fused-ring (bicyclic) bond motifs is 1. The summed E-state index contributed by atoms with van der Waals surface area (Å²) in [5.41, 5.74) is 1.63. The second-order valence-corrected chi connectivity index (χ2v) is 6.57. The highest BCUT2D eigenvalue weighted by atomic mass is 16.6. The van der Waals surface area contributed by atoms with Gasteiger partial charge in [-0.2, -0.15) is 0 Å². The number of amides is 2. The van der Waals surface area contributed by atoms with E-state index in [-0.39, 0.29) is 25.0 Å². The Morgan fingerprint density at radius 1 is 1.27 bits per heavy atom. The minimum Gasteiger partial charge on any atom is -0.481 e. The first-order chi connectivity index (χ1) is 12.5. The fraction of sp³-hybridized carbons (Fsp3) is 0.421. The number of carbonyl (C=O) groups is 3. The molecule has 0 radical (unpaired) electrons. The molecule has 2 amide bonds. The van der Waals surface area contributed by atoms with Gasteiger partial charge in [-0.15, -0.1) is 0 Å². The zero-order valence-corrected chi connectivity index (χ0v) is 14.6. The lowest BCUT2D eigenvalue weighted by Gasteiger charge is -2.40. The van der Waals surface area contributed by atoms with Crippen LogP contribution in [0.25, 0.3) is 0 Å². The highest BCUT2D eigenvalue weighted by Crippen LogP contribution is 2.31. The Bertz CT molecular complexity index is 731. The molecule has 0 spiro atoms. The Hall–Kier alpha value is -2.83. The smallest absolute Gasteiger partial charge is 0.411 e. The van der Waals surface area contributed by atoms with Gasteiger partial charge >= 0.3 is 12.1 Å². The Labute approximate surface area is 151 Å². The Balaban J connectivity index is 1.62. The lowest BCUT2D eigenvalue weighted by atomic mass is 10.1. The standard InChI is InChI=1S/C19H22N2O5/c1-13-18(24)21-15(9-10-17(22)23)7-8-16(21)11-20(13)19(25)26-12-14-5-3-2-4-6-14/h2-6,8,13,15H,7,9-12H2,1H3,(H,22,23)/t13-,15-/m0/s1. The van der Waals surface area contributed by atoms with Gasteiger partial charge in [-0.3, -0.25) is 14.5 Å². The van der Waals surface area contributed by atoms with Gasteiger partial charge in [-0.25, -0.2) is 4.79 Å². The molecule has 0 bridgehead atoms. The zero-order chi connectivity index (χ0) is 18.7. The van der Waals surface area contributed by atoms with E-state index in [2.05, 4.69) is 0 Å². The molecular formula is C19H22N2O5. The fourth-order valence-electron chi connectivity index (χ4n) is 3.38. The van der Waals surface area contributed by atoms with Crippen LogP contribution in [-0.4, -0.2) is 51.5 Å². The van der Waals surface area contributed by atoms with Crippen LogP contribution in [0.1, 0.15) is 31.7 Å². The van der Waals surface area contributed by atoms with Gasteiger partial charge in [-0.05, 0) is 25.3 Å². The lowest BCUT2D eigenvalue weighted by Crippen LogP contribution is -2.57. The number of carboxylic acids is 1. The van der Waals surface area contributed by atoms with Crippen molar-refractivity contribution in [2.45, 2.75) is 44.9 Å². The van der Waals surface area contributed by atoms with Crippen molar-refractivity contribution in [3.8, 4) is 0 Å².